The van der Waals surface area contributed by atoms with Crippen LogP contribution in [0.1, 0.15) is 37.2 Å². The molecular formula is C14H20N2O. The lowest BCUT2D eigenvalue weighted by atomic mass is 10.1. The van der Waals surface area contributed by atoms with E-state index in [2.05, 4.69) is 24.1 Å². The van der Waals surface area contributed by atoms with Crippen LogP contribution in [0.25, 0.3) is 0 Å². The molecule has 0 bridgehead atoms. The van der Waals surface area contributed by atoms with Gasteiger partial charge in [0.05, 0.1) is 12.2 Å². The monoisotopic (exact) mass is 232 g/mol. The van der Waals surface area contributed by atoms with Crippen molar-refractivity contribution in [2.45, 2.75) is 40.7 Å². The summed E-state index contributed by atoms with van der Waals surface area (Å²) in [5, 5.41) is 2.96. The highest BCUT2D eigenvalue weighted by atomic mass is 16.2. The van der Waals surface area contributed by atoms with Crippen molar-refractivity contribution in [2.75, 3.05) is 0 Å². The second kappa shape index (κ2) is 4.13. The molecular weight excluding hydrogens is 212 g/mol. The normalized spacial score (nSPS) is 21.1. The predicted octanol–water partition coefficient (Wildman–Crippen LogP) is 2.36. The number of nitrogens with one attached hydrogen (secondary N) is 1. The number of rotatable bonds is 3. The number of pyridine rings is 1. The van der Waals surface area contributed by atoms with Gasteiger partial charge in [-0.15, -0.1) is 0 Å². The predicted molar refractivity (Wildman–Crippen MR) is 67.4 cm³/mol. The van der Waals surface area contributed by atoms with Crippen LogP contribution in [0.15, 0.2) is 12.1 Å². The van der Waals surface area contributed by atoms with E-state index >= 15 is 0 Å². The molecule has 0 aliphatic heterocycles. The van der Waals surface area contributed by atoms with Crippen LogP contribution in [0.3, 0.4) is 0 Å². The molecule has 0 unspecified atom stereocenters. The summed E-state index contributed by atoms with van der Waals surface area (Å²) in [5.41, 5.74) is 3.34. The number of hydrogen-bond acceptors (Lipinski definition) is 2. The van der Waals surface area contributed by atoms with E-state index < -0.39 is 0 Å². The average molecular weight is 232 g/mol. The van der Waals surface area contributed by atoms with Gasteiger partial charge in [0.25, 0.3) is 0 Å². The summed E-state index contributed by atoms with van der Waals surface area (Å²) in [6.45, 7) is 8.83. The third-order valence-corrected chi connectivity index (χ3v) is 3.68. The molecule has 1 fully saturated rings. The van der Waals surface area contributed by atoms with Gasteiger partial charge in [-0.1, -0.05) is 19.9 Å². The van der Waals surface area contributed by atoms with Gasteiger partial charge in [0, 0.05) is 11.6 Å². The third kappa shape index (κ3) is 2.65. The smallest absolute Gasteiger partial charge is 0.223 e. The Hall–Kier alpha value is -1.38. The van der Waals surface area contributed by atoms with Crippen molar-refractivity contribution in [1.82, 2.24) is 10.3 Å². The summed E-state index contributed by atoms with van der Waals surface area (Å²) >= 11 is 0. The fourth-order valence-electron chi connectivity index (χ4n) is 2.00. The Bertz CT molecular complexity index is 452. The van der Waals surface area contributed by atoms with Crippen LogP contribution < -0.4 is 5.32 Å². The first kappa shape index (κ1) is 12.1. The second-order valence-electron chi connectivity index (χ2n) is 5.67. The Balaban J connectivity index is 1.90. The first-order chi connectivity index (χ1) is 7.90. The number of nitrogens with zero attached hydrogens (tertiary/aromatic N) is 1. The molecule has 0 saturated heterocycles. The van der Waals surface area contributed by atoms with Gasteiger partial charge in [-0.2, -0.15) is 0 Å². The Morgan fingerprint density at radius 1 is 1.47 bits per heavy atom. The van der Waals surface area contributed by atoms with E-state index in [4.69, 9.17) is 0 Å². The zero-order valence-corrected chi connectivity index (χ0v) is 11.0. The summed E-state index contributed by atoms with van der Waals surface area (Å²) in [7, 11) is 0. The number of carbonyl (C=O) groups is 1. The van der Waals surface area contributed by atoms with Gasteiger partial charge >= 0.3 is 0 Å². The molecule has 1 atom stereocenters. The zero-order valence-electron chi connectivity index (χ0n) is 11.0. The minimum Gasteiger partial charge on any atom is -0.350 e. The lowest BCUT2D eigenvalue weighted by Gasteiger charge is -2.07. The number of aryl methyl sites for hydroxylation is 2. The molecule has 1 amide bonds. The van der Waals surface area contributed by atoms with Crippen LogP contribution in [0.2, 0.25) is 0 Å². The van der Waals surface area contributed by atoms with E-state index in [9.17, 15) is 4.79 Å². The second-order valence-corrected chi connectivity index (χ2v) is 5.67. The molecule has 0 aromatic carbocycles. The molecule has 1 saturated carbocycles. The Labute approximate surface area is 103 Å². The van der Waals surface area contributed by atoms with Crippen LogP contribution in [-0.2, 0) is 11.3 Å². The summed E-state index contributed by atoms with van der Waals surface area (Å²) in [4.78, 5) is 16.3. The Morgan fingerprint density at radius 3 is 2.65 bits per heavy atom. The van der Waals surface area contributed by atoms with Crippen molar-refractivity contribution in [3.63, 3.8) is 0 Å². The van der Waals surface area contributed by atoms with Gasteiger partial charge in [-0.25, -0.2) is 0 Å². The third-order valence-electron chi connectivity index (χ3n) is 3.68. The lowest BCUT2D eigenvalue weighted by Crippen LogP contribution is -2.26. The van der Waals surface area contributed by atoms with Crippen molar-refractivity contribution in [3.8, 4) is 0 Å². The highest BCUT2D eigenvalue weighted by Gasteiger charge is 2.50. The van der Waals surface area contributed by atoms with E-state index in [0.717, 1.165) is 17.8 Å². The molecule has 3 heteroatoms. The van der Waals surface area contributed by atoms with Gasteiger partial charge in [-0.05, 0) is 37.3 Å². The first-order valence-corrected chi connectivity index (χ1v) is 6.11. The largest absolute Gasteiger partial charge is 0.350 e. The molecule has 17 heavy (non-hydrogen) atoms. The number of aromatic nitrogens is 1. The van der Waals surface area contributed by atoms with E-state index in [-0.39, 0.29) is 17.2 Å². The first-order valence-electron chi connectivity index (χ1n) is 6.11. The fraction of sp³-hybridized carbons (Fsp3) is 0.571. The number of carbonyl (C=O) groups excluding carboxylic acids is 1. The van der Waals surface area contributed by atoms with E-state index in [0.29, 0.717) is 6.54 Å². The van der Waals surface area contributed by atoms with Crippen LogP contribution in [-0.4, -0.2) is 10.9 Å². The molecule has 1 N–H and O–H groups in total. The quantitative estimate of drug-likeness (QED) is 0.869. The molecule has 3 nitrogen and oxygen atoms in total. The van der Waals surface area contributed by atoms with E-state index in [1.807, 2.05) is 26.0 Å². The molecule has 0 radical (unpaired) electrons. The van der Waals surface area contributed by atoms with E-state index in [1.54, 1.807) is 0 Å². The molecule has 92 valence electrons. The van der Waals surface area contributed by atoms with Gasteiger partial charge in [0.1, 0.15) is 0 Å². The van der Waals surface area contributed by atoms with Crippen molar-refractivity contribution >= 4 is 5.91 Å². The van der Waals surface area contributed by atoms with Crippen molar-refractivity contribution in [3.05, 3.63) is 29.1 Å². The molecule has 1 aliphatic rings. The number of amides is 1. The Morgan fingerprint density at radius 2 is 2.12 bits per heavy atom. The van der Waals surface area contributed by atoms with Crippen LogP contribution in [0.4, 0.5) is 0 Å². The SMILES string of the molecule is Cc1ccc(CNC(=O)[C@H]2CC2(C)C)nc1C. The molecule has 1 heterocycles. The maximum atomic E-state index is 11.8. The van der Waals surface area contributed by atoms with Gasteiger partial charge < -0.3 is 5.32 Å². The minimum atomic E-state index is 0.162. The average Bonchev–Trinajstić information content (AvgIpc) is 2.89. The highest BCUT2D eigenvalue weighted by molar-refractivity contribution is 5.82. The Kier molecular flexibility index (Phi) is 2.94. The van der Waals surface area contributed by atoms with Crippen LogP contribution in [0.5, 0.6) is 0 Å². The van der Waals surface area contributed by atoms with Crippen molar-refractivity contribution in [2.24, 2.45) is 11.3 Å². The molecule has 1 aromatic heterocycles. The highest BCUT2D eigenvalue weighted by Crippen LogP contribution is 2.51. The van der Waals surface area contributed by atoms with Crippen LogP contribution >= 0.6 is 0 Å². The summed E-state index contributed by atoms with van der Waals surface area (Å²) in [5.74, 6) is 0.351. The molecule has 2 rings (SSSR count). The molecule has 1 aromatic rings. The van der Waals surface area contributed by atoms with Crippen molar-refractivity contribution < 1.29 is 4.79 Å². The van der Waals surface area contributed by atoms with Gasteiger partial charge in [0.2, 0.25) is 5.91 Å². The van der Waals surface area contributed by atoms with Crippen molar-refractivity contribution in [1.29, 1.82) is 0 Å². The van der Waals surface area contributed by atoms with E-state index in [1.165, 1.54) is 5.56 Å². The summed E-state index contributed by atoms with van der Waals surface area (Å²) < 4.78 is 0. The molecule has 1 aliphatic carbocycles. The minimum absolute atomic E-state index is 0.162. The van der Waals surface area contributed by atoms with Gasteiger partial charge in [0.15, 0.2) is 0 Å². The standard InChI is InChI=1S/C14H20N2O/c1-9-5-6-11(16-10(9)2)8-15-13(17)12-7-14(12,3)4/h5-6,12H,7-8H2,1-4H3,(H,15,17)/t12-/m1/s1. The molecule has 0 spiro atoms. The lowest BCUT2D eigenvalue weighted by molar-refractivity contribution is -0.123. The topological polar surface area (TPSA) is 42.0 Å². The zero-order chi connectivity index (χ0) is 12.6. The number of hydrogen-bond donors (Lipinski definition) is 1. The fourth-order valence-corrected chi connectivity index (χ4v) is 2.00. The van der Waals surface area contributed by atoms with Gasteiger partial charge in [-0.3, -0.25) is 9.78 Å². The maximum absolute atomic E-state index is 11.8. The van der Waals surface area contributed by atoms with Crippen LogP contribution in [0, 0.1) is 25.2 Å². The maximum Gasteiger partial charge on any atom is 0.223 e. The summed E-state index contributed by atoms with van der Waals surface area (Å²) in [6.07, 6.45) is 0.999. The summed E-state index contributed by atoms with van der Waals surface area (Å²) in [6, 6.07) is 4.02.